The summed E-state index contributed by atoms with van der Waals surface area (Å²) in [5.74, 6) is -1.48. The Kier molecular flexibility index (Phi) is 5.95. The number of nitrogens with one attached hydrogen (secondary N) is 1. The molecule has 0 spiro atoms. The lowest BCUT2D eigenvalue weighted by molar-refractivity contribution is -0.124. The molecule has 138 valence electrons. The van der Waals surface area contributed by atoms with Crippen LogP contribution in [0.4, 0.5) is 4.39 Å². The molecule has 1 fully saturated rings. The van der Waals surface area contributed by atoms with Crippen LogP contribution in [0.5, 0.6) is 0 Å². The normalized spacial score (nSPS) is 18.7. The van der Waals surface area contributed by atoms with Crippen LogP contribution in [0.2, 0.25) is 0 Å². The Labute approximate surface area is 154 Å². The van der Waals surface area contributed by atoms with Crippen LogP contribution in [-0.2, 0) is 9.53 Å². The van der Waals surface area contributed by atoms with Crippen LogP contribution in [-0.4, -0.2) is 35.6 Å². The lowest BCUT2D eigenvalue weighted by Gasteiger charge is -2.16. The second kappa shape index (κ2) is 8.37. The minimum atomic E-state index is -0.675. The number of halogens is 1. The van der Waals surface area contributed by atoms with Gasteiger partial charge in [0.15, 0.2) is 4.80 Å². The SMILES string of the molecule is C[C@@H](C(=O)NC[C@H]1CCCO1)n1ccsc1=NC(=O)c1ccccc1F. The lowest BCUT2D eigenvalue weighted by atomic mass is 10.2. The predicted molar refractivity (Wildman–Crippen MR) is 95.3 cm³/mol. The summed E-state index contributed by atoms with van der Waals surface area (Å²) < 4.78 is 20.8. The minimum Gasteiger partial charge on any atom is -0.376 e. The van der Waals surface area contributed by atoms with E-state index in [2.05, 4.69) is 10.3 Å². The third-order valence-electron chi connectivity index (χ3n) is 4.24. The Morgan fingerprint density at radius 2 is 2.27 bits per heavy atom. The Bertz CT molecular complexity index is 855. The van der Waals surface area contributed by atoms with E-state index in [0.29, 0.717) is 11.3 Å². The van der Waals surface area contributed by atoms with Crippen LogP contribution in [0.3, 0.4) is 0 Å². The molecule has 0 unspecified atom stereocenters. The van der Waals surface area contributed by atoms with Crippen molar-refractivity contribution in [3.8, 4) is 0 Å². The van der Waals surface area contributed by atoms with Gasteiger partial charge in [-0.3, -0.25) is 9.59 Å². The Balaban J connectivity index is 1.73. The average molecular weight is 377 g/mol. The molecule has 1 aromatic heterocycles. The highest BCUT2D eigenvalue weighted by Crippen LogP contribution is 2.12. The van der Waals surface area contributed by atoms with E-state index >= 15 is 0 Å². The zero-order chi connectivity index (χ0) is 18.5. The largest absolute Gasteiger partial charge is 0.376 e. The summed E-state index contributed by atoms with van der Waals surface area (Å²) in [6.07, 6.45) is 3.70. The fraction of sp³-hybridized carbons (Fsp3) is 0.389. The second-order valence-corrected chi connectivity index (χ2v) is 6.92. The molecule has 2 atom stereocenters. The van der Waals surface area contributed by atoms with Gasteiger partial charge < -0.3 is 14.6 Å². The number of hydrogen-bond acceptors (Lipinski definition) is 4. The predicted octanol–water partition coefficient (Wildman–Crippen LogP) is 2.29. The molecule has 0 radical (unpaired) electrons. The standard InChI is InChI=1S/C18H20FN3O3S/c1-12(16(23)20-11-13-5-4-9-25-13)22-8-10-26-18(22)21-17(24)14-6-2-3-7-15(14)19/h2-3,6-8,10,12-13H,4-5,9,11H2,1H3,(H,20,23)/t12-,13+/m0/s1. The van der Waals surface area contributed by atoms with E-state index in [4.69, 9.17) is 4.74 Å². The van der Waals surface area contributed by atoms with Gasteiger partial charge in [-0.2, -0.15) is 4.99 Å². The average Bonchev–Trinajstić information content (AvgIpc) is 3.31. The Morgan fingerprint density at radius 1 is 1.46 bits per heavy atom. The summed E-state index contributed by atoms with van der Waals surface area (Å²) in [6, 6.07) is 5.14. The molecule has 26 heavy (non-hydrogen) atoms. The monoisotopic (exact) mass is 377 g/mol. The van der Waals surface area contributed by atoms with E-state index in [9.17, 15) is 14.0 Å². The minimum absolute atomic E-state index is 0.0606. The first-order chi connectivity index (χ1) is 12.6. The number of ether oxygens (including phenoxy) is 1. The van der Waals surface area contributed by atoms with Crippen LogP contribution < -0.4 is 10.1 Å². The van der Waals surface area contributed by atoms with Crippen LogP contribution in [0.15, 0.2) is 40.8 Å². The molecule has 2 amide bonds. The molecular formula is C18H20FN3O3S. The maximum atomic E-state index is 13.7. The van der Waals surface area contributed by atoms with Gasteiger partial charge in [0, 0.05) is 24.7 Å². The fourth-order valence-electron chi connectivity index (χ4n) is 2.74. The number of amides is 2. The third kappa shape index (κ3) is 4.25. The first-order valence-electron chi connectivity index (χ1n) is 8.45. The van der Waals surface area contributed by atoms with E-state index in [1.807, 2.05) is 0 Å². The first-order valence-corrected chi connectivity index (χ1v) is 9.33. The molecule has 0 bridgehead atoms. The highest BCUT2D eigenvalue weighted by molar-refractivity contribution is 7.07. The molecule has 6 nitrogen and oxygen atoms in total. The van der Waals surface area contributed by atoms with Gasteiger partial charge in [0.05, 0.1) is 11.7 Å². The van der Waals surface area contributed by atoms with Gasteiger partial charge in [-0.05, 0) is 31.9 Å². The molecule has 1 aliphatic heterocycles. The Hall–Kier alpha value is -2.32. The van der Waals surface area contributed by atoms with Crippen molar-refractivity contribution in [3.63, 3.8) is 0 Å². The van der Waals surface area contributed by atoms with Gasteiger partial charge in [0.25, 0.3) is 5.91 Å². The van der Waals surface area contributed by atoms with Crippen LogP contribution >= 0.6 is 11.3 Å². The molecule has 0 aliphatic carbocycles. The van der Waals surface area contributed by atoms with Gasteiger partial charge in [-0.15, -0.1) is 11.3 Å². The van der Waals surface area contributed by atoms with Crippen molar-refractivity contribution in [3.05, 3.63) is 52.0 Å². The lowest BCUT2D eigenvalue weighted by Crippen LogP contribution is -2.38. The zero-order valence-electron chi connectivity index (χ0n) is 14.4. The van der Waals surface area contributed by atoms with Crippen LogP contribution in [0.25, 0.3) is 0 Å². The summed E-state index contributed by atoms with van der Waals surface area (Å²) in [7, 11) is 0. The number of hydrogen-bond donors (Lipinski definition) is 1. The molecule has 1 N–H and O–H groups in total. The highest BCUT2D eigenvalue weighted by Gasteiger charge is 2.20. The summed E-state index contributed by atoms with van der Waals surface area (Å²) in [5.41, 5.74) is -0.0945. The van der Waals surface area contributed by atoms with Gasteiger partial charge >= 0.3 is 0 Å². The first kappa shape index (κ1) is 18.5. The zero-order valence-corrected chi connectivity index (χ0v) is 15.2. The molecule has 2 heterocycles. The van der Waals surface area contributed by atoms with Gasteiger partial charge in [-0.1, -0.05) is 12.1 Å². The highest BCUT2D eigenvalue weighted by atomic mass is 32.1. The number of aromatic nitrogens is 1. The number of rotatable bonds is 5. The molecule has 1 saturated heterocycles. The maximum absolute atomic E-state index is 13.7. The summed E-state index contributed by atoms with van der Waals surface area (Å²) >= 11 is 1.22. The molecule has 0 saturated carbocycles. The second-order valence-electron chi connectivity index (χ2n) is 6.05. The number of nitrogens with zero attached hydrogens (tertiary/aromatic N) is 2. The van der Waals surface area contributed by atoms with Gasteiger partial charge in [0.1, 0.15) is 11.9 Å². The van der Waals surface area contributed by atoms with Crippen molar-refractivity contribution >= 4 is 23.2 Å². The smallest absolute Gasteiger partial charge is 0.282 e. The molecule has 8 heteroatoms. The van der Waals surface area contributed by atoms with E-state index in [1.165, 1.54) is 29.5 Å². The van der Waals surface area contributed by atoms with Crippen LogP contribution in [0.1, 0.15) is 36.2 Å². The number of carbonyl (C=O) groups excluding carboxylic acids is 2. The number of benzene rings is 1. The van der Waals surface area contributed by atoms with Crippen LogP contribution in [0, 0.1) is 5.82 Å². The topological polar surface area (TPSA) is 72.7 Å². The molecule has 1 aromatic carbocycles. The van der Waals surface area contributed by atoms with E-state index in [-0.39, 0.29) is 17.6 Å². The van der Waals surface area contributed by atoms with Crippen molar-refractivity contribution in [2.24, 2.45) is 4.99 Å². The summed E-state index contributed by atoms with van der Waals surface area (Å²) in [4.78, 5) is 29.0. The van der Waals surface area contributed by atoms with E-state index in [0.717, 1.165) is 19.4 Å². The summed E-state index contributed by atoms with van der Waals surface area (Å²) in [6.45, 7) is 2.93. The van der Waals surface area contributed by atoms with Crippen molar-refractivity contribution in [1.82, 2.24) is 9.88 Å². The van der Waals surface area contributed by atoms with Crippen molar-refractivity contribution in [2.45, 2.75) is 31.9 Å². The number of thiazole rings is 1. The van der Waals surface area contributed by atoms with Crippen molar-refractivity contribution in [2.75, 3.05) is 13.2 Å². The third-order valence-corrected chi connectivity index (χ3v) is 5.01. The molecule has 2 aromatic rings. The number of carbonyl (C=O) groups is 2. The summed E-state index contributed by atoms with van der Waals surface area (Å²) in [5, 5.41) is 4.60. The van der Waals surface area contributed by atoms with Crippen molar-refractivity contribution < 1.29 is 18.7 Å². The fourth-order valence-corrected chi connectivity index (χ4v) is 3.53. The van der Waals surface area contributed by atoms with Crippen molar-refractivity contribution in [1.29, 1.82) is 0 Å². The molecule has 3 rings (SSSR count). The molecule has 1 aliphatic rings. The van der Waals surface area contributed by atoms with Gasteiger partial charge in [-0.25, -0.2) is 4.39 Å². The Morgan fingerprint density at radius 3 is 3.00 bits per heavy atom. The maximum Gasteiger partial charge on any atom is 0.282 e. The quantitative estimate of drug-likeness (QED) is 0.869. The van der Waals surface area contributed by atoms with Gasteiger partial charge in [0.2, 0.25) is 5.91 Å². The van der Waals surface area contributed by atoms with E-state index < -0.39 is 17.8 Å². The molecular weight excluding hydrogens is 357 g/mol. The van der Waals surface area contributed by atoms with E-state index in [1.54, 1.807) is 29.1 Å².